The molecule has 0 fully saturated rings. The van der Waals surface area contributed by atoms with Crippen LogP contribution in [0.1, 0.15) is 11.3 Å². The summed E-state index contributed by atoms with van der Waals surface area (Å²) < 4.78 is 5.17. The number of halogens is 2. The molecule has 17 heavy (non-hydrogen) atoms. The van der Waals surface area contributed by atoms with E-state index in [1.54, 1.807) is 25.3 Å². The number of nitrogens with one attached hydrogen (secondary N) is 1. The van der Waals surface area contributed by atoms with Gasteiger partial charge in [-0.15, -0.1) is 0 Å². The third-order valence-electron chi connectivity index (χ3n) is 2.45. The highest BCUT2D eigenvalue weighted by atomic mass is 35.5. The third-order valence-corrected chi connectivity index (χ3v) is 3.31. The summed E-state index contributed by atoms with van der Waals surface area (Å²) in [5.74, 6) is 0.761. The molecule has 2 aromatic rings. The minimum atomic E-state index is 0.000114. The predicted octanol–water partition coefficient (Wildman–Crippen LogP) is 4.21. The topological polar surface area (TPSA) is 45.4 Å². The van der Waals surface area contributed by atoms with Crippen LogP contribution in [0.5, 0.6) is 5.75 Å². The van der Waals surface area contributed by atoms with Gasteiger partial charge in [-0.2, -0.15) is 0 Å². The van der Waals surface area contributed by atoms with E-state index in [4.69, 9.17) is 27.6 Å². The molecular formula is C12H11Cl2NO2. The summed E-state index contributed by atoms with van der Waals surface area (Å²) in [5, 5.41) is 13.6. The Morgan fingerprint density at radius 3 is 2.82 bits per heavy atom. The molecular weight excluding hydrogens is 261 g/mol. The molecule has 0 saturated carbocycles. The zero-order valence-corrected chi connectivity index (χ0v) is 10.6. The van der Waals surface area contributed by atoms with Gasteiger partial charge in [0.05, 0.1) is 23.5 Å². The van der Waals surface area contributed by atoms with E-state index in [9.17, 15) is 5.11 Å². The van der Waals surface area contributed by atoms with Crippen molar-refractivity contribution in [2.45, 2.75) is 13.5 Å². The first-order valence-electron chi connectivity index (χ1n) is 5.03. The van der Waals surface area contributed by atoms with Gasteiger partial charge in [-0.25, -0.2) is 0 Å². The van der Waals surface area contributed by atoms with Crippen LogP contribution in [-0.4, -0.2) is 5.11 Å². The van der Waals surface area contributed by atoms with Crippen molar-refractivity contribution >= 4 is 28.9 Å². The fourth-order valence-corrected chi connectivity index (χ4v) is 1.89. The van der Waals surface area contributed by atoms with Crippen molar-refractivity contribution in [3.8, 4) is 5.75 Å². The van der Waals surface area contributed by atoms with Crippen LogP contribution in [0, 0.1) is 6.92 Å². The van der Waals surface area contributed by atoms with E-state index >= 15 is 0 Å². The van der Waals surface area contributed by atoms with Crippen molar-refractivity contribution in [2.24, 2.45) is 0 Å². The SMILES string of the molecule is Cc1c(Cl)cc(NCc2ccco2)c(O)c1Cl. The Kier molecular flexibility index (Phi) is 3.50. The maximum absolute atomic E-state index is 9.85. The number of aromatic hydroxyl groups is 1. The molecule has 90 valence electrons. The van der Waals surface area contributed by atoms with E-state index in [1.165, 1.54) is 0 Å². The van der Waals surface area contributed by atoms with Gasteiger partial charge in [0.15, 0.2) is 5.75 Å². The quantitative estimate of drug-likeness (QED) is 0.822. The Hall–Kier alpha value is -1.32. The number of hydrogen-bond donors (Lipinski definition) is 2. The van der Waals surface area contributed by atoms with E-state index in [0.717, 1.165) is 5.76 Å². The van der Waals surface area contributed by atoms with Gasteiger partial charge < -0.3 is 14.8 Å². The number of phenolic OH excluding ortho intramolecular Hbond substituents is 1. The highest BCUT2D eigenvalue weighted by molar-refractivity contribution is 6.37. The van der Waals surface area contributed by atoms with Gasteiger partial charge in [0.1, 0.15) is 5.76 Å². The van der Waals surface area contributed by atoms with Crippen molar-refractivity contribution in [1.82, 2.24) is 0 Å². The van der Waals surface area contributed by atoms with Gasteiger partial charge in [0.2, 0.25) is 0 Å². The molecule has 0 spiro atoms. The van der Waals surface area contributed by atoms with Crippen LogP contribution < -0.4 is 5.32 Å². The second-order valence-electron chi connectivity index (χ2n) is 3.63. The zero-order valence-electron chi connectivity index (χ0n) is 9.13. The first-order chi connectivity index (χ1) is 8.09. The molecule has 2 N–H and O–H groups in total. The number of rotatable bonds is 3. The normalized spacial score (nSPS) is 10.5. The first-order valence-corrected chi connectivity index (χ1v) is 5.79. The average Bonchev–Trinajstić information content (AvgIpc) is 2.82. The standard InChI is InChI=1S/C12H11Cl2NO2/c1-7-9(13)5-10(12(16)11(7)14)15-6-8-3-2-4-17-8/h2-5,15-16H,6H2,1H3. The van der Waals surface area contributed by atoms with Gasteiger partial charge in [0.25, 0.3) is 0 Å². The van der Waals surface area contributed by atoms with Gasteiger partial charge in [-0.05, 0) is 30.7 Å². The summed E-state index contributed by atoms with van der Waals surface area (Å²) in [6, 6.07) is 5.27. The maximum atomic E-state index is 9.85. The molecule has 0 unspecified atom stereocenters. The largest absolute Gasteiger partial charge is 0.504 e. The van der Waals surface area contributed by atoms with Gasteiger partial charge in [-0.3, -0.25) is 0 Å². The molecule has 0 aliphatic rings. The van der Waals surface area contributed by atoms with Crippen molar-refractivity contribution in [1.29, 1.82) is 0 Å². The van der Waals surface area contributed by atoms with E-state index in [0.29, 0.717) is 22.8 Å². The molecule has 5 heteroatoms. The highest BCUT2D eigenvalue weighted by Crippen LogP contribution is 2.38. The van der Waals surface area contributed by atoms with Crippen LogP contribution in [-0.2, 0) is 6.54 Å². The monoisotopic (exact) mass is 271 g/mol. The number of phenols is 1. The van der Waals surface area contributed by atoms with Gasteiger partial charge in [-0.1, -0.05) is 23.2 Å². The highest BCUT2D eigenvalue weighted by Gasteiger charge is 2.12. The number of hydrogen-bond acceptors (Lipinski definition) is 3. The Bertz CT molecular complexity index is 524. The molecule has 0 aliphatic heterocycles. The number of furan rings is 1. The predicted molar refractivity (Wildman–Crippen MR) is 68.9 cm³/mol. The van der Waals surface area contributed by atoms with Crippen LogP contribution in [0.4, 0.5) is 5.69 Å². The van der Waals surface area contributed by atoms with Crippen molar-refractivity contribution < 1.29 is 9.52 Å². The molecule has 0 radical (unpaired) electrons. The number of benzene rings is 1. The van der Waals surface area contributed by atoms with Crippen LogP contribution in [0.2, 0.25) is 10.0 Å². The minimum Gasteiger partial charge on any atom is -0.504 e. The minimum absolute atomic E-state index is 0.000114. The summed E-state index contributed by atoms with van der Waals surface area (Å²) in [7, 11) is 0. The number of anilines is 1. The molecule has 0 saturated heterocycles. The van der Waals surface area contributed by atoms with Crippen LogP contribution in [0.25, 0.3) is 0 Å². The van der Waals surface area contributed by atoms with E-state index in [-0.39, 0.29) is 10.8 Å². The first kappa shape index (κ1) is 12.1. The lowest BCUT2D eigenvalue weighted by Gasteiger charge is -2.11. The molecule has 0 aliphatic carbocycles. The summed E-state index contributed by atoms with van der Waals surface area (Å²) in [6.45, 7) is 2.21. The summed E-state index contributed by atoms with van der Waals surface area (Å²) in [5.41, 5.74) is 1.15. The van der Waals surface area contributed by atoms with Gasteiger partial charge in [0, 0.05) is 5.02 Å². The van der Waals surface area contributed by atoms with Crippen LogP contribution >= 0.6 is 23.2 Å². The second-order valence-corrected chi connectivity index (χ2v) is 4.41. The fraction of sp³-hybridized carbons (Fsp3) is 0.167. The van der Waals surface area contributed by atoms with Crippen molar-refractivity contribution in [2.75, 3.05) is 5.32 Å². The second kappa shape index (κ2) is 4.90. The lowest BCUT2D eigenvalue weighted by molar-refractivity contribution is 0.476. The van der Waals surface area contributed by atoms with Crippen LogP contribution in [0.15, 0.2) is 28.9 Å². The molecule has 3 nitrogen and oxygen atoms in total. The zero-order chi connectivity index (χ0) is 12.4. The Balaban J connectivity index is 2.22. The molecule has 0 bridgehead atoms. The lowest BCUT2D eigenvalue weighted by atomic mass is 10.2. The van der Waals surface area contributed by atoms with Crippen molar-refractivity contribution in [3.63, 3.8) is 0 Å². The summed E-state index contributed by atoms with van der Waals surface area (Å²) in [6.07, 6.45) is 1.59. The molecule has 1 aromatic carbocycles. The van der Waals surface area contributed by atoms with E-state index in [1.807, 2.05) is 6.07 Å². The molecule has 1 heterocycles. The maximum Gasteiger partial charge on any atom is 0.157 e. The van der Waals surface area contributed by atoms with E-state index in [2.05, 4.69) is 5.32 Å². The smallest absolute Gasteiger partial charge is 0.157 e. The summed E-state index contributed by atoms with van der Waals surface area (Å²) in [4.78, 5) is 0. The van der Waals surface area contributed by atoms with E-state index < -0.39 is 0 Å². The molecule has 2 rings (SSSR count). The molecule has 1 aromatic heterocycles. The fourth-order valence-electron chi connectivity index (χ4n) is 1.43. The molecule has 0 amide bonds. The summed E-state index contributed by atoms with van der Waals surface area (Å²) >= 11 is 11.9. The Morgan fingerprint density at radius 1 is 1.41 bits per heavy atom. The third kappa shape index (κ3) is 2.51. The lowest BCUT2D eigenvalue weighted by Crippen LogP contribution is -1.99. The Morgan fingerprint density at radius 2 is 2.18 bits per heavy atom. The average molecular weight is 272 g/mol. The Labute approximate surface area is 109 Å². The van der Waals surface area contributed by atoms with Gasteiger partial charge >= 0.3 is 0 Å². The molecule has 0 atom stereocenters. The van der Waals surface area contributed by atoms with Crippen molar-refractivity contribution in [3.05, 3.63) is 45.8 Å². The van der Waals surface area contributed by atoms with Crippen LogP contribution in [0.3, 0.4) is 0 Å².